The molecule has 1 aliphatic rings. The molecule has 0 bridgehead atoms. The Morgan fingerprint density at radius 2 is 2.00 bits per heavy atom. The van der Waals surface area contributed by atoms with Crippen molar-refractivity contribution in [3.05, 3.63) is 24.5 Å². The van der Waals surface area contributed by atoms with Crippen molar-refractivity contribution in [2.75, 3.05) is 0 Å². The zero-order chi connectivity index (χ0) is 12.7. The lowest BCUT2D eigenvalue weighted by Crippen LogP contribution is -2.12. The van der Waals surface area contributed by atoms with Gasteiger partial charge in [-0.15, -0.1) is 0 Å². The van der Waals surface area contributed by atoms with Crippen molar-refractivity contribution in [2.24, 2.45) is 5.92 Å². The van der Waals surface area contributed by atoms with Gasteiger partial charge in [-0.05, 0) is 12.3 Å². The number of hydrogen-bond acceptors (Lipinski definition) is 4. The Balaban J connectivity index is 2.47. The van der Waals surface area contributed by atoms with Gasteiger partial charge in [-0.3, -0.25) is 9.59 Å². The fraction of sp³-hybridized carbons (Fsp3) is 0.455. The van der Waals surface area contributed by atoms with Crippen LogP contribution in [0, 0.1) is 5.92 Å². The normalized spacial score (nSPS) is 15.4. The summed E-state index contributed by atoms with van der Waals surface area (Å²) in [4.78, 5) is 21.1. The lowest BCUT2D eigenvalue weighted by Gasteiger charge is -2.16. The standard InChI is InChI=1S/C11H14O6/c12-10(13)2-1-8(6-11(14)15)5-9-7-16-3-4-17-9/h3-4,7-8H,1-2,5-6H2,(H,12,13)(H,14,15). The van der Waals surface area contributed by atoms with Crippen molar-refractivity contribution < 1.29 is 29.3 Å². The van der Waals surface area contributed by atoms with Gasteiger partial charge in [0.2, 0.25) is 0 Å². The third-order valence-corrected chi connectivity index (χ3v) is 2.27. The minimum Gasteiger partial charge on any atom is -0.481 e. The number of carbonyl (C=O) groups is 2. The van der Waals surface area contributed by atoms with E-state index in [9.17, 15) is 9.59 Å². The van der Waals surface area contributed by atoms with Crippen molar-refractivity contribution in [2.45, 2.75) is 25.7 Å². The van der Waals surface area contributed by atoms with Crippen LogP contribution in [0.4, 0.5) is 0 Å². The second-order valence-corrected chi connectivity index (χ2v) is 3.71. The highest BCUT2D eigenvalue weighted by molar-refractivity contribution is 5.68. The lowest BCUT2D eigenvalue weighted by molar-refractivity contribution is -0.140. The van der Waals surface area contributed by atoms with Gasteiger partial charge in [0.15, 0.2) is 0 Å². The van der Waals surface area contributed by atoms with Gasteiger partial charge in [0.1, 0.15) is 24.5 Å². The Bertz CT molecular complexity index is 344. The molecule has 17 heavy (non-hydrogen) atoms. The molecule has 2 N–H and O–H groups in total. The van der Waals surface area contributed by atoms with E-state index in [-0.39, 0.29) is 18.8 Å². The second-order valence-electron chi connectivity index (χ2n) is 3.71. The number of aliphatic carboxylic acids is 2. The Morgan fingerprint density at radius 1 is 1.24 bits per heavy atom. The topological polar surface area (TPSA) is 93.1 Å². The molecule has 0 fully saturated rings. The van der Waals surface area contributed by atoms with Crippen LogP contribution in [-0.4, -0.2) is 22.2 Å². The van der Waals surface area contributed by atoms with Crippen LogP contribution in [0.5, 0.6) is 0 Å². The fourth-order valence-electron chi connectivity index (χ4n) is 1.52. The molecule has 94 valence electrons. The molecular weight excluding hydrogens is 228 g/mol. The van der Waals surface area contributed by atoms with Gasteiger partial charge < -0.3 is 19.7 Å². The highest BCUT2D eigenvalue weighted by Crippen LogP contribution is 2.23. The maximum atomic E-state index is 10.6. The second kappa shape index (κ2) is 6.57. The molecular formula is C11H14O6. The van der Waals surface area contributed by atoms with Gasteiger partial charge in [-0.2, -0.15) is 0 Å². The Hall–Kier alpha value is -1.98. The first-order chi connectivity index (χ1) is 8.08. The smallest absolute Gasteiger partial charge is 0.303 e. The first kappa shape index (κ1) is 13.1. The van der Waals surface area contributed by atoms with Crippen LogP contribution >= 0.6 is 0 Å². The van der Waals surface area contributed by atoms with Crippen LogP contribution in [-0.2, 0) is 19.1 Å². The molecule has 0 radical (unpaired) electrons. The van der Waals surface area contributed by atoms with E-state index in [1.54, 1.807) is 0 Å². The van der Waals surface area contributed by atoms with E-state index < -0.39 is 11.9 Å². The molecule has 0 aromatic heterocycles. The summed E-state index contributed by atoms with van der Waals surface area (Å²) in [5.41, 5.74) is 0. The van der Waals surface area contributed by atoms with Gasteiger partial charge >= 0.3 is 11.9 Å². The molecule has 1 heterocycles. The van der Waals surface area contributed by atoms with Crippen LogP contribution in [0.2, 0.25) is 0 Å². The monoisotopic (exact) mass is 242 g/mol. The summed E-state index contributed by atoms with van der Waals surface area (Å²) in [7, 11) is 0. The maximum Gasteiger partial charge on any atom is 0.303 e. The molecule has 0 aromatic rings. The number of carboxylic acids is 2. The van der Waals surface area contributed by atoms with Gasteiger partial charge in [0.25, 0.3) is 0 Å². The van der Waals surface area contributed by atoms with Crippen LogP contribution in [0.3, 0.4) is 0 Å². The van der Waals surface area contributed by atoms with Gasteiger partial charge in [-0.1, -0.05) is 0 Å². The summed E-state index contributed by atoms with van der Waals surface area (Å²) in [6.45, 7) is 0. The van der Waals surface area contributed by atoms with Gasteiger partial charge in [-0.25, -0.2) is 0 Å². The van der Waals surface area contributed by atoms with E-state index in [0.29, 0.717) is 18.6 Å². The first-order valence-electron chi connectivity index (χ1n) is 5.17. The van der Waals surface area contributed by atoms with Gasteiger partial charge in [0.05, 0.1) is 0 Å². The third kappa shape index (κ3) is 5.60. The van der Waals surface area contributed by atoms with E-state index in [1.807, 2.05) is 0 Å². The Labute approximate surface area is 98.1 Å². The molecule has 6 heteroatoms. The van der Waals surface area contributed by atoms with E-state index in [1.165, 1.54) is 18.8 Å². The predicted molar refractivity (Wildman–Crippen MR) is 56.6 cm³/mol. The highest BCUT2D eigenvalue weighted by Gasteiger charge is 2.18. The molecule has 1 rings (SSSR count). The fourth-order valence-corrected chi connectivity index (χ4v) is 1.52. The Morgan fingerprint density at radius 3 is 2.53 bits per heavy atom. The van der Waals surface area contributed by atoms with Crippen molar-refractivity contribution in [3.8, 4) is 0 Å². The van der Waals surface area contributed by atoms with Crippen molar-refractivity contribution in [1.29, 1.82) is 0 Å². The number of carboxylic acid groups (broad SMARTS) is 2. The third-order valence-electron chi connectivity index (χ3n) is 2.27. The van der Waals surface area contributed by atoms with E-state index in [4.69, 9.17) is 19.7 Å². The highest BCUT2D eigenvalue weighted by atomic mass is 16.5. The van der Waals surface area contributed by atoms with E-state index >= 15 is 0 Å². The van der Waals surface area contributed by atoms with E-state index in [0.717, 1.165) is 0 Å². The Kier molecular flexibility index (Phi) is 5.06. The predicted octanol–water partition coefficient (Wildman–Crippen LogP) is 1.69. The van der Waals surface area contributed by atoms with Crippen LogP contribution in [0.25, 0.3) is 0 Å². The number of hydrogen-bond donors (Lipinski definition) is 2. The molecule has 0 saturated carbocycles. The summed E-state index contributed by atoms with van der Waals surface area (Å²) in [6.07, 6.45) is 4.60. The van der Waals surface area contributed by atoms with Crippen molar-refractivity contribution in [3.63, 3.8) is 0 Å². The van der Waals surface area contributed by atoms with Gasteiger partial charge in [0, 0.05) is 19.3 Å². The molecule has 0 amide bonds. The zero-order valence-electron chi connectivity index (χ0n) is 9.17. The summed E-state index contributed by atoms with van der Waals surface area (Å²) in [5, 5.41) is 17.3. The minimum absolute atomic E-state index is 0.0536. The molecule has 0 aromatic carbocycles. The SMILES string of the molecule is O=C(O)CCC(CC(=O)O)CC1=COC=CO1. The average Bonchev–Trinajstić information content (AvgIpc) is 2.26. The molecule has 0 spiro atoms. The van der Waals surface area contributed by atoms with Crippen LogP contribution in [0.15, 0.2) is 24.5 Å². The minimum atomic E-state index is -0.951. The first-order valence-corrected chi connectivity index (χ1v) is 5.17. The molecule has 1 atom stereocenters. The zero-order valence-corrected chi connectivity index (χ0v) is 9.17. The van der Waals surface area contributed by atoms with Crippen LogP contribution < -0.4 is 0 Å². The molecule has 1 aliphatic heterocycles. The summed E-state index contributed by atoms with van der Waals surface area (Å²) in [6, 6.07) is 0. The van der Waals surface area contributed by atoms with E-state index in [2.05, 4.69) is 0 Å². The van der Waals surface area contributed by atoms with Crippen molar-refractivity contribution in [1.82, 2.24) is 0 Å². The molecule has 6 nitrogen and oxygen atoms in total. The molecule has 0 saturated heterocycles. The lowest BCUT2D eigenvalue weighted by atomic mass is 9.95. The van der Waals surface area contributed by atoms with Crippen molar-refractivity contribution >= 4 is 11.9 Å². The summed E-state index contributed by atoms with van der Waals surface area (Å²) >= 11 is 0. The summed E-state index contributed by atoms with van der Waals surface area (Å²) in [5.74, 6) is -1.66. The quantitative estimate of drug-likeness (QED) is 0.705. The maximum absolute atomic E-state index is 10.6. The molecule has 1 unspecified atom stereocenters. The molecule has 0 aliphatic carbocycles. The number of ether oxygens (including phenoxy) is 2. The number of allylic oxidation sites excluding steroid dienone is 1. The number of rotatable bonds is 7. The summed E-state index contributed by atoms with van der Waals surface area (Å²) < 4.78 is 9.99. The average molecular weight is 242 g/mol. The largest absolute Gasteiger partial charge is 0.481 e. The van der Waals surface area contributed by atoms with Crippen LogP contribution in [0.1, 0.15) is 25.7 Å².